The summed E-state index contributed by atoms with van der Waals surface area (Å²) in [5.74, 6) is 0.874. The molecule has 1 fully saturated rings. The molecule has 1 aromatic heterocycles. The van der Waals surface area contributed by atoms with Crippen LogP contribution in [0.3, 0.4) is 0 Å². The van der Waals surface area contributed by atoms with Crippen LogP contribution in [-0.4, -0.2) is 23.9 Å². The molecule has 0 amide bonds. The molecule has 2 N–H and O–H groups in total. The van der Waals surface area contributed by atoms with Crippen LogP contribution in [0.15, 0.2) is 22.8 Å². The molecule has 5 heteroatoms. The molecule has 0 bridgehead atoms. The Morgan fingerprint density at radius 1 is 1.65 bits per heavy atom. The summed E-state index contributed by atoms with van der Waals surface area (Å²) in [6.07, 6.45) is 4.18. The van der Waals surface area contributed by atoms with Crippen LogP contribution in [-0.2, 0) is 11.3 Å². The van der Waals surface area contributed by atoms with Gasteiger partial charge >= 0.3 is 0 Å². The molecule has 2 heterocycles. The van der Waals surface area contributed by atoms with Gasteiger partial charge in [-0.25, -0.2) is 0 Å². The topological polar surface area (TPSA) is 46.4 Å². The zero-order valence-electron chi connectivity index (χ0n) is 9.94. The Morgan fingerprint density at radius 2 is 2.53 bits per heavy atom. The smallest absolute Gasteiger partial charge is 0.166 e. The normalized spacial score (nSPS) is 21.1. The standard InChI is InChI=1S/C12H18N2O2S/c1-9(11-5-3-7-16-11)14-12(17)13-8-10-4-2-6-15-10/h2,4,6,9,11H,3,5,7-8H2,1H3,(H2,13,14,17)/t9-,11+/m1/s1. The average Bonchev–Trinajstić information content (AvgIpc) is 2.99. The Bertz CT molecular complexity index is 347. The molecule has 0 aliphatic carbocycles. The predicted octanol–water partition coefficient (Wildman–Crippen LogP) is 1.81. The molecular formula is C12H18N2O2S. The Kier molecular flexibility index (Phi) is 4.39. The van der Waals surface area contributed by atoms with E-state index in [1.807, 2.05) is 12.1 Å². The fourth-order valence-corrected chi connectivity index (χ4v) is 2.19. The largest absolute Gasteiger partial charge is 0.467 e. The summed E-state index contributed by atoms with van der Waals surface area (Å²) in [4.78, 5) is 0. The van der Waals surface area contributed by atoms with Crippen LogP contribution >= 0.6 is 12.2 Å². The highest BCUT2D eigenvalue weighted by atomic mass is 32.1. The minimum Gasteiger partial charge on any atom is -0.467 e. The summed E-state index contributed by atoms with van der Waals surface area (Å²) < 4.78 is 10.8. The highest BCUT2D eigenvalue weighted by molar-refractivity contribution is 7.80. The lowest BCUT2D eigenvalue weighted by Crippen LogP contribution is -2.45. The van der Waals surface area contributed by atoms with Crippen LogP contribution in [0.5, 0.6) is 0 Å². The maximum absolute atomic E-state index is 5.60. The van der Waals surface area contributed by atoms with Crippen molar-refractivity contribution in [2.45, 2.75) is 38.5 Å². The van der Waals surface area contributed by atoms with E-state index in [4.69, 9.17) is 21.4 Å². The second-order valence-corrected chi connectivity index (χ2v) is 4.65. The number of rotatable bonds is 4. The first-order chi connectivity index (χ1) is 8.25. The number of ether oxygens (including phenoxy) is 1. The highest BCUT2D eigenvalue weighted by Crippen LogP contribution is 2.15. The lowest BCUT2D eigenvalue weighted by Gasteiger charge is -2.21. The molecular weight excluding hydrogens is 236 g/mol. The number of thiocarbonyl (C=S) groups is 1. The molecule has 2 atom stereocenters. The maximum atomic E-state index is 5.60. The monoisotopic (exact) mass is 254 g/mol. The zero-order chi connectivity index (χ0) is 12.1. The third-order valence-corrected chi connectivity index (χ3v) is 3.15. The van der Waals surface area contributed by atoms with Crippen LogP contribution < -0.4 is 10.6 Å². The van der Waals surface area contributed by atoms with Crippen molar-refractivity contribution in [3.8, 4) is 0 Å². The quantitative estimate of drug-likeness (QED) is 0.802. The van der Waals surface area contributed by atoms with Crippen LogP contribution in [0.2, 0.25) is 0 Å². The molecule has 0 unspecified atom stereocenters. The molecule has 2 rings (SSSR count). The lowest BCUT2D eigenvalue weighted by molar-refractivity contribution is 0.0892. The number of nitrogens with one attached hydrogen (secondary N) is 2. The van der Waals surface area contributed by atoms with Crippen LogP contribution in [0.1, 0.15) is 25.5 Å². The summed E-state index contributed by atoms with van der Waals surface area (Å²) in [5, 5.41) is 6.99. The average molecular weight is 254 g/mol. The molecule has 94 valence electrons. The van der Waals surface area contributed by atoms with E-state index < -0.39 is 0 Å². The lowest BCUT2D eigenvalue weighted by atomic mass is 10.1. The Labute approximate surface area is 107 Å². The minimum absolute atomic E-state index is 0.245. The van der Waals surface area contributed by atoms with Crippen LogP contribution in [0.4, 0.5) is 0 Å². The van der Waals surface area contributed by atoms with Crippen molar-refractivity contribution in [3.05, 3.63) is 24.2 Å². The van der Waals surface area contributed by atoms with Gasteiger partial charge in [-0.3, -0.25) is 0 Å². The zero-order valence-corrected chi connectivity index (χ0v) is 10.8. The van der Waals surface area contributed by atoms with Crippen molar-refractivity contribution in [2.75, 3.05) is 6.61 Å². The molecule has 1 aliphatic heterocycles. The van der Waals surface area contributed by atoms with Gasteiger partial charge in [0.05, 0.1) is 25.0 Å². The SMILES string of the molecule is C[C@@H](NC(=S)NCc1ccco1)[C@@H]1CCCO1. The third kappa shape index (κ3) is 3.71. The molecule has 1 aromatic rings. The third-order valence-electron chi connectivity index (χ3n) is 2.88. The number of hydrogen-bond acceptors (Lipinski definition) is 3. The van der Waals surface area contributed by atoms with Crippen molar-refractivity contribution in [1.82, 2.24) is 10.6 Å². The van der Waals surface area contributed by atoms with Crippen LogP contribution in [0.25, 0.3) is 0 Å². The second-order valence-electron chi connectivity index (χ2n) is 4.25. The van der Waals surface area contributed by atoms with Crippen molar-refractivity contribution >= 4 is 17.3 Å². The van der Waals surface area contributed by atoms with E-state index in [0.29, 0.717) is 11.7 Å². The highest BCUT2D eigenvalue weighted by Gasteiger charge is 2.22. The van der Waals surface area contributed by atoms with Gasteiger partial charge in [-0.2, -0.15) is 0 Å². The van der Waals surface area contributed by atoms with Gasteiger partial charge in [0.2, 0.25) is 0 Å². The van der Waals surface area contributed by atoms with Gasteiger partial charge in [-0.15, -0.1) is 0 Å². The predicted molar refractivity (Wildman–Crippen MR) is 69.7 cm³/mol. The fourth-order valence-electron chi connectivity index (χ4n) is 1.93. The van der Waals surface area contributed by atoms with Crippen molar-refractivity contribution in [1.29, 1.82) is 0 Å². The Morgan fingerprint density at radius 3 is 3.18 bits per heavy atom. The molecule has 0 saturated carbocycles. The Hall–Kier alpha value is -1.07. The first-order valence-electron chi connectivity index (χ1n) is 5.94. The van der Waals surface area contributed by atoms with Crippen molar-refractivity contribution in [3.63, 3.8) is 0 Å². The van der Waals surface area contributed by atoms with Gasteiger partial charge in [-0.1, -0.05) is 0 Å². The number of furan rings is 1. The molecule has 17 heavy (non-hydrogen) atoms. The molecule has 0 spiro atoms. The Balaban J connectivity index is 1.69. The van der Waals surface area contributed by atoms with E-state index in [2.05, 4.69) is 17.6 Å². The van der Waals surface area contributed by atoms with Crippen molar-refractivity contribution < 1.29 is 9.15 Å². The summed E-state index contributed by atoms with van der Waals surface area (Å²) >= 11 is 5.22. The number of hydrogen-bond donors (Lipinski definition) is 2. The van der Waals surface area contributed by atoms with E-state index in [1.165, 1.54) is 0 Å². The first-order valence-corrected chi connectivity index (χ1v) is 6.35. The summed E-state index contributed by atoms with van der Waals surface area (Å²) in [5.41, 5.74) is 0. The minimum atomic E-state index is 0.245. The van der Waals surface area contributed by atoms with Gasteiger partial charge in [0.1, 0.15) is 5.76 Å². The first kappa shape index (κ1) is 12.4. The fraction of sp³-hybridized carbons (Fsp3) is 0.583. The van der Waals surface area contributed by atoms with Gasteiger partial charge < -0.3 is 19.8 Å². The maximum Gasteiger partial charge on any atom is 0.166 e. The van der Waals surface area contributed by atoms with E-state index in [1.54, 1.807) is 6.26 Å². The van der Waals surface area contributed by atoms with Gasteiger partial charge in [-0.05, 0) is 44.1 Å². The molecule has 0 radical (unpaired) electrons. The van der Waals surface area contributed by atoms with E-state index in [0.717, 1.165) is 25.2 Å². The molecule has 0 aromatic carbocycles. The van der Waals surface area contributed by atoms with Gasteiger partial charge in [0.25, 0.3) is 0 Å². The summed E-state index contributed by atoms with van der Waals surface area (Å²) in [6, 6.07) is 4.02. The van der Waals surface area contributed by atoms with E-state index in [9.17, 15) is 0 Å². The second kappa shape index (κ2) is 6.02. The molecule has 1 saturated heterocycles. The molecule has 1 aliphatic rings. The van der Waals surface area contributed by atoms with E-state index in [-0.39, 0.29) is 12.1 Å². The van der Waals surface area contributed by atoms with E-state index >= 15 is 0 Å². The van der Waals surface area contributed by atoms with Gasteiger partial charge in [0.15, 0.2) is 5.11 Å². The summed E-state index contributed by atoms with van der Waals surface area (Å²) in [6.45, 7) is 3.57. The summed E-state index contributed by atoms with van der Waals surface area (Å²) in [7, 11) is 0. The van der Waals surface area contributed by atoms with Gasteiger partial charge in [0, 0.05) is 6.61 Å². The molecule has 4 nitrogen and oxygen atoms in total. The van der Waals surface area contributed by atoms with Crippen LogP contribution in [0, 0.1) is 0 Å². The van der Waals surface area contributed by atoms with Crippen molar-refractivity contribution in [2.24, 2.45) is 0 Å².